The topological polar surface area (TPSA) is 52.0 Å². The first-order valence-corrected chi connectivity index (χ1v) is 8.89. The third kappa shape index (κ3) is 2.92. The van der Waals surface area contributed by atoms with Crippen molar-refractivity contribution in [2.24, 2.45) is 5.92 Å². The van der Waals surface area contributed by atoms with E-state index in [1.165, 1.54) is 3.97 Å². The van der Waals surface area contributed by atoms with Gasteiger partial charge in [-0.05, 0) is 42.3 Å². The normalized spacial score (nSPS) is 12.5. The molecule has 0 saturated carbocycles. The van der Waals surface area contributed by atoms with Gasteiger partial charge in [0.1, 0.15) is 0 Å². The van der Waals surface area contributed by atoms with Crippen LogP contribution in [0.5, 0.6) is 0 Å². The minimum absolute atomic E-state index is 0.252. The summed E-state index contributed by atoms with van der Waals surface area (Å²) in [6.45, 7) is 4.10. The van der Waals surface area contributed by atoms with Gasteiger partial charge in [0.15, 0.2) is 5.65 Å². The van der Waals surface area contributed by atoms with Gasteiger partial charge in [-0.2, -0.15) is 0 Å². The minimum atomic E-state index is -3.70. The van der Waals surface area contributed by atoms with Gasteiger partial charge in [0.25, 0.3) is 10.0 Å². The number of allylic oxidation sites excluding steroid dienone is 1. The molecular formula is C18H18N2O2S. The number of hydrogen-bond acceptors (Lipinski definition) is 3. The quantitative estimate of drug-likeness (QED) is 0.729. The van der Waals surface area contributed by atoms with Crippen molar-refractivity contribution in [1.29, 1.82) is 0 Å². The van der Waals surface area contributed by atoms with E-state index in [0.29, 0.717) is 17.3 Å². The Morgan fingerprint density at radius 2 is 1.83 bits per heavy atom. The smallest absolute Gasteiger partial charge is 0.237 e. The second-order valence-corrected chi connectivity index (χ2v) is 7.46. The molecule has 0 amide bonds. The van der Waals surface area contributed by atoms with E-state index in [-0.39, 0.29) is 4.90 Å². The van der Waals surface area contributed by atoms with Gasteiger partial charge >= 0.3 is 0 Å². The van der Waals surface area contributed by atoms with Crippen molar-refractivity contribution in [3.63, 3.8) is 0 Å². The van der Waals surface area contributed by atoms with Crippen LogP contribution in [0.15, 0.2) is 65.7 Å². The maximum Gasteiger partial charge on any atom is 0.269 e. The highest BCUT2D eigenvalue weighted by Gasteiger charge is 2.22. The molecule has 0 atom stereocenters. The van der Waals surface area contributed by atoms with Crippen molar-refractivity contribution in [3.8, 4) is 0 Å². The summed E-state index contributed by atoms with van der Waals surface area (Å²) in [4.78, 5) is 4.52. The first-order valence-electron chi connectivity index (χ1n) is 7.45. The molecule has 0 fully saturated rings. The van der Waals surface area contributed by atoms with Crippen molar-refractivity contribution < 1.29 is 8.42 Å². The number of fused-ring (bicyclic) bond motifs is 1. The lowest BCUT2D eigenvalue weighted by molar-refractivity contribution is 0.588. The van der Waals surface area contributed by atoms with Gasteiger partial charge in [-0.15, -0.1) is 0 Å². The third-order valence-electron chi connectivity index (χ3n) is 3.48. The molecule has 3 rings (SSSR count). The van der Waals surface area contributed by atoms with E-state index in [4.69, 9.17) is 0 Å². The molecule has 0 unspecified atom stereocenters. The zero-order chi connectivity index (χ0) is 16.4. The first kappa shape index (κ1) is 15.5. The van der Waals surface area contributed by atoms with E-state index in [9.17, 15) is 8.42 Å². The number of aromatic nitrogens is 2. The standard InChI is InChI=1S/C18H18N2O2S/c1-14(2)10-11-16-13-15-7-6-12-19-18(15)20(16)23(21,22)17-8-4-3-5-9-17/h3-14H,1-2H3. The minimum Gasteiger partial charge on any atom is -0.237 e. The molecule has 0 spiro atoms. The Labute approximate surface area is 136 Å². The van der Waals surface area contributed by atoms with E-state index in [1.807, 2.05) is 38.1 Å². The highest BCUT2D eigenvalue weighted by molar-refractivity contribution is 7.90. The van der Waals surface area contributed by atoms with Crippen LogP contribution in [0.4, 0.5) is 0 Å². The first-order chi connectivity index (χ1) is 11.0. The van der Waals surface area contributed by atoms with Crippen LogP contribution in [0.1, 0.15) is 19.5 Å². The maximum absolute atomic E-state index is 13.1. The van der Waals surface area contributed by atoms with Crippen LogP contribution in [0.25, 0.3) is 17.1 Å². The molecule has 2 aromatic heterocycles. The molecule has 1 aromatic carbocycles. The summed E-state index contributed by atoms with van der Waals surface area (Å²) in [6, 6.07) is 13.9. The van der Waals surface area contributed by atoms with E-state index < -0.39 is 10.0 Å². The van der Waals surface area contributed by atoms with Crippen LogP contribution in [0.2, 0.25) is 0 Å². The molecule has 2 heterocycles. The number of pyridine rings is 1. The Bertz CT molecular complexity index is 955. The maximum atomic E-state index is 13.1. The summed E-state index contributed by atoms with van der Waals surface area (Å²) in [7, 11) is -3.70. The summed E-state index contributed by atoms with van der Waals surface area (Å²) in [5, 5.41) is 0.801. The second-order valence-electron chi connectivity index (χ2n) is 5.67. The monoisotopic (exact) mass is 326 g/mol. The number of rotatable bonds is 4. The Balaban J connectivity index is 2.29. The summed E-state index contributed by atoms with van der Waals surface area (Å²) < 4.78 is 27.4. The average molecular weight is 326 g/mol. The SMILES string of the molecule is CC(C)C=Cc1cc2cccnc2n1S(=O)(=O)c1ccccc1. The van der Waals surface area contributed by atoms with Crippen molar-refractivity contribution in [1.82, 2.24) is 8.96 Å². The molecular weight excluding hydrogens is 308 g/mol. The Hall–Kier alpha value is -2.40. The molecule has 0 N–H and O–H groups in total. The van der Waals surface area contributed by atoms with Gasteiger partial charge in [0.2, 0.25) is 0 Å². The highest BCUT2D eigenvalue weighted by atomic mass is 32.2. The summed E-state index contributed by atoms with van der Waals surface area (Å²) >= 11 is 0. The zero-order valence-electron chi connectivity index (χ0n) is 13.0. The molecule has 23 heavy (non-hydrogen) atoms. The van der Waals surface area contributed by atoms with E-state index >= 15 is 0 Å². The number of hydrogen-bond donors (Lipinski definition) is 0. The lowest BCUT2D eigenvalue weighted by atomic mass is 10.2. The number of nitrogens with zero attached hydrogens (tertiary/aromatic N) is 2. The van der Waals surface area contributed by atoms with Gasteiger partial charge in [-0.25, -0.2) is 17.4 Å². The summed E-state index contributed by atoms with van der Waals surface area (Å²) in [5.74, 6) is 0.328. The van der Waals surface area contributed by atoms with Crippen molar-refractivity contribution in [3.05, 3.63) is 66.5 Å². The number of benzene rings is 1. The van der Waals surface area contributed by atoms with Crippen LogP contribution >= 0.6 is 0 Å². The molecule has 118 valence electrons. The molecule has 0 aliphatic heterocycles. The van der Waals surface area contributed by atoms with E-state index in [2.05, 4.69) is 4.98 Å². The van der Waals surface area contributed by atoms with Crippen molar-refractivity contribution in [2.75, 3.05) is 0 Å². The van der Waals surface area contributed by atoms with Gasteiger partial charge in [-0.3, -0.25) is 0 Å². The summed E-state index contributed by atoms with van der Waals surface area (Å²) in [6.07, 6.45) is 5.42. The fraction of sp³-hybridized carbons (Fsp3) is 0.167. The molecule has 0 saturated heterocycles. The summed E-state index contributed by atoms with van der Waals surface area (Å²) in [5.41, 5.74) is 1.05. The van der Waals surface area contributed by atoms with E-state index in [0.717, 1.165) is 5.39 Å². The largest absolute Gasteiger partial charge is 0.269 e. The van der Waals surface area contributed by atoms with Gasteiger partial charge in [0.05, 0.1) is 10.6 Å². The van der Waals surface area contributed by atoms with Gasteiger partial charge in [0, 0.05) is 11.6 Å². The average Bonchev–Trinajstić information content (AvgIpc) is 2.93. The van der Waals surface area contributed by atoms with E-state index in [1.54, 1.807) is 42.6 Å². The fourth-order valence-electron chi connectivity index (χ4n) is 2.39. The second kappa shape index (κ2) is 6.01. The van der Waals surface area contributed by atoms with Crippen LogP contribution in [0.3, 0.4) is 0 Å². The van der Waals surface area contributed by atoms with Gasteiger partial charge < -0.3 is 0 Å². The molecule has 3 aromatic rings. The van der Waals surface area contributed by atoms with Crippen LogP contribution in [0, 0.1) is 5.92 Å². The third-order valence-corrected chi connectivity index (χ3v) is 5.21. The Morgan fingerprint density at radius 3 is 2.52 bits per heavy atom. The van der Waals surface area contributed by atoms with Crippen LogP contribution in [-0.4, -0.2) is 17.4 Å². The molecule has 0 aliphatic rings. The predicted octanol–water partition coefficient (Wildman–Crippen LogP) is 3.94. The predicted molar refractivity (Wildman–Crippen MR) is 92.6 cm³/mol. The van der Waals surface area contributed by atoms with Gasteiger partial charge in [-0.1, -0.05) is 38.1 Å². The van der Waals surface area contributed by atoms with Crippen molar-refractivity contribution in [2.45, 2.75) is 18.7 Å². The lowest BCUT2D eigenvalue weighted by Gasteiger charge is -2.09. The molecule has 0 bridgehead atoms. The van der Waals surface area contributed by atoms with Crippen LogP contribution < -0.4 is 0 Å². The van der Waals surface area contributed by atoms with Crippen molar-refractivity contribution >= 4 is 27.1 Å². The Kier molecular flexibility index (Phi) is 4.05. The Morgan fingerprint density at radius 1 is 1.09 bits per heavy atom. The molecule has 0 radical (unpaired) electrons. The highest BCUT2D eigenvalue weighted by Crippen LogP contribution is 2.25. The molecule has 4 nitrogen and oxygen atoms in total. The molecule has 0 aliphatic carbocycles. The lowest BCUT2D eigenvalue weighted by Crippen LogP contribution is -2.14. The molecule has 5 heteroatoms. The zero-order valence-corrected chi connectivity index (χ0v) is 13.9. The van der Waals surface area contributed by atoms with Crippen LogP contribution in [-0.2, 0) is 10.0 Å². The fourth-order valence-corrected chi connectivity index (χ4v) is 3.87.